The molecule has 27 heavy (non-hydrogen) atoms. The lowest BCUT2D eigenvalue weighted by atomic mass is 10.1. The van der Waals surface area contributed by atoms with Crippen LogP contribution in [-0.2, 0) is 19.9 Å². The Morgan fingerprint density at radius 3 is 2.33 bits per heavy atom. The highest BCUT2D eigenvalue weighted by Crippen LogP contribution is 2.23. The third-order valence-electron chi connectivity index (χ3n) is 5.18. The average molecular weight is 415 g/mol. The van der Waals surface area contributed by atoms with E-state index in [4.69, 9.17) is 0 Å². The van der Waals surface area contributed by atoms with Crippen LogP contribution in [0.1, 0.15) is 43.0 Å². The van der Waals surface area contributed by atoms with Gasteiger partial charge < -0.3 is 4.90 Å². The summed E-state index contributed by atoms with van der Waals surface area (Å²) >= 11 is 0. The van der Waals surface area contributed by atoms with Crippen LogP contribution in [0, 0.1) is 0 Å². The molecule has 150 valence electrons. The standard InChI is InChI=1S/C18H26N2O5S2/c1-2-10-20(16-9-13-26(22,23)14-16)18(21)15-5-7-17(8-6-15)27(24,25)19-11-3-4-12-19/h5-8,16H,2-4,9-14H2,1H3/t16-/m0/s1. The third kappa shape index (κ3) is 4.35. The topological polar surface area (TPSA) is 91.8 Å². The second-order valence-electron chi connectivity index (χ2n) is 7.19. The number of sulfonamides is 1. The van der Waals surface area contributed by atoms with Gasteiger partial charge in [0.2, 0.25) is 10.0 Å². The summed E-state index contributed by atoms with van der Waals surface area (Å²) in [4.78, 5) is 14.7. The number of benzene rings is 1. The van der Waals surface area contributed by atoms with Crippen molar-refractivity contribution < 1.29 is 21.6 Å². The highest BCUT2D eigenvalue weighted by Gasteiger charge is 2.35. The van der Waals surface area contributed by atoms with Gasteiger partial charge in [-0.05, 0) is 49.9 Å². The summed E-state index contributed by atoms with van der Waals surface area (Å²) in [6.45, 7) is 3.48. The maximum atomic E-state index is 12.9. The van der Waals surface area contributed by atoms with Gasteiger partial charge in [0, 0.05) is 31.2 Å². The van der Waals surface area contributed by atoms with Crippen molar-refractivity contribution in [1.82, 2.24) is 9.21 Å². The van der Waals surface area contributed by atoms with E-state index in [1.807, 2.05) is 6.92 Å². The highest BCUT2D eigenvalue weighted by molar-refractivity contribution is 7.91. The van der Waals surface area contributed by atoms with E-state index in [0.29, 0.717) is 31.6 Å². The van der Waals surface area contributed by atoms with E-state index in [1.165, 1.54) is 28.6 Å². The van der Waals surface area contributed by atoms with Gasteiger partial charge in [0.15, 0.2) is 9.84 Å². The molecule has 0 bridgehead atoms. The molecule has 2 aliphatic rings. The second-order valence-corrected chi connectivity index (χ2v) is 11.4. The molecule has 7 nitrogen and oxygen atoms in total. The summed E-state index contributed by atoms with van der Waals surface area (Å²) in [5.41, 5.74) is 0.383. The van der Waals surface area contributed by atoms with Gasteiger partial charge in [-0.1, -0.05) is 6.92 Å². The first-order valence-corrected chi connectivity index (χ1v) is 12.6. The molecule has 0 saturated carbocycles. The van der Waals surface area contributed by atoms with Crippen LogP contribution < -0.4 is 0 Å². The summed E-state index contributed by atoms with van der Waals surface area (Å²) in [5.74, 6) is -0.137. The molecule has 1 aromatic carbocycles. The first kappa shape index (κ1) is 20.3. The van der Waals surface area contributed by atoms with Gasteiger partial charge in [-0.25, -0.2) is 16.8 Å². The van der Waals surface area contributed by atoms with Gasteiger partial charge in [0.1, 0.15) is 0 Å². The van der Waals surface area contributed by atoms with Gasteiger partial charge in [-0.3, -0.25) is 4.79 Å². The molecule has 0 N–H and O–H groups in total. The molecule has 0 unspecified atom stereocenters. The molecule has 2 saturated heterocycles. The lowest BCUT2D eigenvalue weighted by Gasteiger charge is -2.28. The fourth-order valence-electron chi connectivity index (χ4n) is 3.72. The monoisotopic (exact) mass is 414 g/mol. The molecule has 0 aromatic heterocycles. The minimum atomic E-state index is -3.51. The van der Waals surface area contributed by atoms with E-state index >= 15 is 0 Å². The highest BCUT2D eigenvalue weighted by atomic mass is 32.2. The number of carbonyl (C=O) groups is 1. The largest absolute Gasteiger partial charge is 0.335 e. The van der Waals surface area contributed by atoms with Crippen LogP contribution in [0.4, 0.5) is 0 Å². The van der Waals surface area contributed by atoms with Gasteiger partial charge in [0.05, 0.1) is 16.4 Å². The van der Waals surface area contributed by atoms with Crippen molar-refractivity contribution in [1.29, 1.82) is 0 Å². The van der Waals surface area contributed by atoms with Gasteiger partial charge in [-0.2, -0.15) is 4.31 Å². The van der Waals surface area contributed by atoms with Crippen LogP contribution in [0.2, 0.25) is 0 Å². The smallest absolute Gasteiger partial charge is 0.254 e. The Morgan fingerprint density at radius 1 is 1.19 bits per heavy atom. The van der Waals surface area contributed by atoms with Crippen LogP contribution in [-0.4, -0.2) is 69.1 Å². The molecule has 2 heterocycles. The second kappa shape index (κ2) is 7.89. The summed E-state index contributed by atoms with van der Waals surface area (Å²) in [7, 11) is -6.60. The molecule has 0 radical (unpaired) electrons. The number of hydrogen-bond acceptors (Lipinski definition) is 5. The Hall–Kier alpha value is -1.45. The molecule has 0 aliphatic carbocycles. The normalized spacial score (nSPS) is 22.8. The fourth-order valence-corrected chi connectivity index (χ4v) is 6.97. The van der Waals surface area contributed by atoms with Gasteiger partial charge >= 0.3 is 0 Å². The number of hydrogen-bond donors (Lipinski definition) is 0. The number of nitrogens with zero attached hydrogens (tertiary/aromatic N) is 2. The lowest BCUT2D eigenvalue weighted by molar-refractivity contribution is 0.0697. The van der Waals surface area contributed by atoms with E-state index in [-0.39, 0.29) is 28.4 Å². The van der Waals surface area contributed by atoms with E-state index in [2.05, 4.69) is 0 Å². The maximum Gasteiger partial charge on any atom is 0.254 e. The molecular formula is C18H26N2O5S2. The van der Waals surface area contributed by atoms with E-state index in [0.717, 1.165) is 19.3 Å². The SMILES string of the molecule is CCCN(C(=O)c1ccc(S(=O)(=O)N2CCCC2)cc1)[C@H]1CCS(=O)(=O)C1. The molecule has 1 atom stereocenters. The van der Waals surface area contributed by atoms with Crippen molar-refractivity contribution in [2.24, 2.45) is 0 Å². The zero-order chi connectivity index (χ0) is 19.7. The van der Waals surface area contributed by atoms with Crippen LogP contribution in [0.5, 0.6) is 0 Å². The summed E-state index contributed by atoms with van der Waals surface area (Å²) in [6.07, 6.45) is 2.91. The average Bonchev–Trinajstić information content (AvgIpc) is 3.29. The third-order valence-corrected chi connectivity index (χ3v) is 8.84. The van der Waals surface area contributed by atoms with Crippen molar-refractivity contribution in [2.75, 3.05) is 31.1 Å². The predicted molar refractivity (Wildman–Crippen MR) is 103 cm³/mol. The predicted octanol–water partition coefficient (Wildman–Crippen LogP) is 1.51. The van der Waals surface area contributed by atoms with Gasteiger partial charge in [-0.15, -0.1) is 0 Å². The molecule has 2 fully saturated rings. The van der Waals surface area contributed by atoms with Crippen molar-refractivity contribution in [3.8, 4) is 0 Å². The molecular weight excluding hydrogens is 388 g/mol. The van der Waals surface area contributed by atoms with Crippen LogP contribution in [0.15, 0.2) is 29.2 Å². The molecule has 9 heteroatoms. The Bertz CT molecular complexity index is 888. The molecule has 1 aromatic rings. The van der Waals surface area contributed by atoms with Crippen LogP contribution in [0.3, 0.4) is 0 Å². The van der Waals surface area contributed by atoms with E-state index in [9.17, 15) is 21.6 Å². The Balaban J connectivity index is 1.79. The summed E-state index contributed by atoms with van der Waals surface area (Å²) in [5, 5.41) is 0. The zero-order valence-electron chi connectivity index (χ0n) is 15.5. The minimum Gasteiger partial charge on any atom is -0.335 e. The van der Waals surface area contributed by atoms with E-state index < -0.39 is 19.9 Å². The number of carbonyl (C=O) groups excluding carboxylic acids is 1. The Kier molecular flexibility index (Phi) is 5.93. The van der Waals surface area contributed by atoms with Crippen molar-refractivity contribution in [3.05, 3.63) is 29.8 Å². The number of amides is 1. The quantitative estimate of drug-likeness (QED) is 0.704. The Morgan fingerprint density at radius 2 is 1.81 bits per heavy atom. The van der Waals surface area contributed by atoms with Crippen LogP contribution >= 0.6 is 0 Å². The first-order chi connectivity index (χ1) is 12.7. The molecule has 0 spiro atoms. The number of rotatable bonds is 6. The molecule has 1 amide bonds. The lowest BCUT2D eigenvalue weighted by Crippen LogP contribution is -2.41. The van der Waals surface area contributed by atoms with Crippen molar-refractivity contribution in [3.63, 3.8) is 0 Å². The first-order valence-electron chi connectivity index (χ1n) is 9.36. The zero-order valence-corrected chi connectivity index (χ0v) is 17.1. The Labute approximate surface area is 161 Å². The van der Waals surface area contributed by atoms with E-state index in [1.54, 1.807) is 4.90 Å². The fraction of sp³-hybridized carbons (Fsp3) is 0.611. The van der Waals surface area contributed by atoms with Gasteiger partial charge in [0.25, 0.3) is 5.91 Å². The van der Waals surface area contributed by atoms with Crippen molar-refractivity contribution in [2.45, 2.75) is 43.5 Å². The summed E-state index contributed by atoms with van der Waals surface area (Å²) in [6, 6.07) is 5.68. The van der Waals surface area contributed by atoms with Crippen molar-refractivity contribution >= 4 is 25.8 Å². The van der Waals surface area contributed by atoms with Crippen LogP contribution in [0.25, 0.3) is 0 Å². The molecule has 3 rings (SSSR count). The molecule has 2 aliphatic heterocycles. The maximum absolute atomic E-state index is 12.9. The summed E-state index contributed by atoms with van der Waals surface area (Å²) < 4.78 is 50.2. The minimum absolute atomic E-state index is 0.000162. The number of sulfone groups is 1.